The Morgan fingerprint density at radius 3 is 2.41 bits per heavy atom. The Labute approximate surface area is 102 Å². The SMILES string of the molecule is CN(CC(=O)C(C)(C)C)Cc1ccccc1F. The first-order chi connectivity index (χ1) is 7.80. The predicted octanol–water partition coefficient (Wildman–Crippen LogP) is 2.87. The van der Waals surface area contributed by atoms with Crippen LogP contribution in [0.1, 0.15) is 26.3 Å². The van der Waals surface area contributed by atoms with E-state index < -0.39 is 0 Å². The van der Waals surface area contributed by atoms with Gasteiger partial charge in [0.25, 0.3) is 0 Å². The molecule has 0 aliphatic carbocycles. The minimum atomic E-state index is -0.344. The molecular weight excluding hydrogens is 217 g/mol. The van der Waals surface area contributed by atoms with E-state index in [0.717, 1.165) is 0 Å². The lowest BCUT2D eigenvalue weighted by atomic mass is 9.90. The lowest BCUT2D eigenvalue weighted by Gasteiger charge is -2.22. The molecule has 0 N–H and O–H groups in total. The van der Waals surface area contributed by atoms with E-state index in [9.17, 15) is 9.18 Å². The van der Waals surface area contributed by atoms with Crippen molar-refractivity contribution < 1.29 is 9.18 Å². The highest BCUT2D eigenvalue weighted by molar-refractivity contribution is 5.85. The van der Waals surface area contributed by atoms with E-state index in [1.54, 1.807) is 18.2 Å². The molecule has 0 aliphatic heterocycles. The van der Waals surface area contributed by atoms with Crippen LogP contribution in [-0.4, -0.2) is 24.3 Å². The minimum absolute atomic E-state index is 0.163. The second-order valence-corrected chi connectivity index (χ2v) is 5.44. The van der Waals surface area contributed by atoms with Crippen molar-refractivity contribution in [3.8, 4) is 0 Å². The van der Waals surface area contributed by atoms with E-state index in [1.165, 1.54) is 6.07 Å². The van der Waals surface area contributed by atoms with Crippen molar-refractivity contribution in [3.05, 3.63) is 35.6 Å². The second-order valence-electron chi connectivity index (χ2n) is 5.44. The molecule has 0 saturated heterocycles. The number of carbonyl (C=O) groups excluding carboxylic acids is 1. The molecule has 0 atom stereocenters. The van der Waals surface area contributed by atoms with Gasteiger partial charge in [-0.25, -0.2) is 4.39 Å². The van der Waals surface area contributed by atoms with Crippen molar-refractivity contribution in [2.75, 3.05) is 13.6 Å². The average molecular weight is 237 g/mol. The Morgan fingerprint density at radius 1 is 1.29 bits per heavy atom. The normalized spacial score (nSPS) is 11.9. The van der Waals surface area contributed by atoms with Crippen LogP contribution in [-0.2, 0) is 11.3 Å². The van der Waals surface area contributed by atoms with Gasteiger partial charge in [0.05, 0.1) is 6.54 Å². The molecule has 0 unspecified atom stereocenters. The van der Waals surface area contributed by atoms with Crippen LogP contribution in [0.25, 0.3) is 0 Å². The van der Waals surface area contributed by atoms with Crippen LogP contribution in [0.5, 0.6) is 0 Å². The fourth-order valence-corrected chi connectivity index (χ4v) is 1.46. The molecule has 94 valence electrons. The first-order valence-electron chi connectivity index (χ1n) is 5.76. The Morgan fingerprint density at radius 2 is 1.88 bits per heavy atom. The lowest BCUT2D eigenvalue weighted by molar-refractivity contribution is -0.127. The van der Waals surface area contributed by atoms with Gasteiger partial charge in [-0.2, -0.15) is 0 Å². The molecule has 0 saturated carbocycles. The molecule has 0 amide bonds. The first-order valence-corrected chi connectivity index (χ1v) is 5.76. The minimum Gasteiger partial charge on any atom is -0.298 e. The molecule has 0 aliphatic rings. The standard InChI is InChI=1S/C14H20FNO/c1-14(2,3)13(17)10-16(4)9-11-7-5-6-8-12(11)15/h5-8H,9-10H2,1-4H3. The predicted molar refractivity (Wildman–Crippen MR) is 67.2 cm³/mol. The fourth-order valence-electron chi connectivity index (χ4n) is 1.46. The molecule has 0 spiro atoms. The van der Waals surface area contributed by atoms with Gasteiger partial charge >= 0.3 is 0 Å². The molecule has 0 radical (unpaired) electrons. The summed E-state index contributed by atoms with van der Waals surface area (Å²) >= 11 is 0. The summed E-state index contributed by atoms with van der Waals surface area (Å²) in [6.45, 7) is 6.48. The van der Waals surface area contributed by atoms with E-state index >= 15 is 0 Å². The molecule has 1 aromatic rings. The van der Waals surface area contributed by atoms with Crippen molar-refractivity contribution in [1.82, 2.24) is 4.90 Å². The number of likely N-dealkylation sites (N-methyl/N-ethyl adjacent to an activating group) is 1. The maximum Gasteiger partial charge on any atom is 0.152 e. The Kier molecular flexibility index (Phi) is 4.40. The monoisotopic (exact) mass is 237 g/mol. The van der Waals surface area contributed by atoms with Gasteiger partial charge in [0.1, 0.15) is 5.82 Å². The summed E-state index contributed by atoms with van der Waals surface area (Å²) in [6.07, 6.45) is 0. The highest BCUT2D eigenvalue weighted by atomic mass is 19.1. The zero-order valence-corrected chi connectivity index (χ0v) is 11.0. The van der Waals surface area contributed by atoms with Gasteiger partial charge in [0.15, 0.2) is 5.78 Å². The van der Waals surface area contributed by atoms with Crippen LogP contribution in [0.15, 0.2) is 24.3 Å². The summed E-state index contributed by atoms with van der Waals surface area (Å²) in [4.78, 5) is 13.7. The Hall–Kier alpha value is -1.22. The summed E-state index contributed by atoms with van der Waals surface area (Å²) in [5.41, 5.74) is 0.278. The molecule has 1 aromatic carbocycles. The van der Waals surface area contributed by atoms with Gasteiger partial charge < -0.3 is 0 Å². The third-order valence-corrected chi connectivity index (χ3v) is 2.65. The van der Waals surface area contributed by atoms with Crippen molar-refractivity contribution in [1.29, 1.82) is 0 Å². The van der Waals surface area contributed by atoms with Gasteiger partial charge in [0, 0.05) is 17.5 Å². The highest BCUT2D eigenvalue weighted by Crippen LogP contribution is 2.16. The van der Waals surface area contributed by atoms with E-state index in [1.807, 2.05) is 32.7 Å². The lowest BCUT2D eigenvalue weighted by Crippen LogP contribution is -2.33. The third-order valence-electron chi connectivity index (χ3n) is 2.65. The van der Waals surface area contributed by atoms with Crippen LogP contribution in [0, 0.1) is 11.2 Å². The van der Waals surface area contributed by atoms with Gasteiger partial charge in [-0.3, -0.25) is 9.69 Å². The van der Waals surface area contributed by atoms with E-state index in [-0.39, 0.29) is 17.0 Å². The van der Waals surface area contributed by atoms with E-state index in [0.29, 0.717) is 18.7 Å². The number of ketones is 1. The highest BCUT2D eigenvalue weighted by Gasteiger charge is 2.22. The maximum absolute atomic E-state index is 13.4. The Balaban J connectivity index is 2.59. The van der Waals surface area contributed by atoms with Crippen molar-refractivity contribution in [2.45, 2.75) is 27.3 Å². The summed E-state index contributed by atoms with van der Waals surface area (Å²) in [5, 5.41) is 0. The zero-order chi connectivity index (χ0) is 13.1. The number of hydrogen-bond donors (Lipinski definition) is 0. The maximum atomic E-state index is 13.4. The number of rotatable bonds is 4. The summed E-state index contributed by atoms with van der Waals surface area (Å²) in [7, 11) is 1.83. The number of nitrogens with zero attached hydrogens (tertiary/aromatic N) is 1. The first kappa shape index (κ1) is 13.8. The molecular formula is C14H20FNO. The number of carbonyl (C=O) groups is 1. The van der Waals surface area contributed by atoms with Gasteiger partial charge in [0.2, 0.25) is 0 Å². The van der Waals surface area contributed by atoms with Gasteiger partial charge in [-0.05, 0) is 13.1 Å². The number of hydrogen-bond acceptors (Lipinski definition) is 2. The van der Waals surface area contributed by atoms with Crippen LogP contribution in [0.4, 0.5) is 4.39 Å². The van der Waals surface area contributed by atoms with Crippen LogP contribution < -0.4 is 0 Å². The van der Waals surface area contributed by atoms with Crippen molar-refractivity contribution >= 4 is 5.78 Å². The molecule has 0 fully saturated rings. The molecule has 0 heterocycles. The van der Waals surface area contributed by atoms with E-state index in [4.69, 9.17) is 0 Å². The van der Waals surface area contributed by atoms with Crippen LogP contribution >= 0.6 is 0 Å². The zero-order valence-electron chi connectivity index (χ0n) is 11.0. The number of halogens is 1. The third kappa shape index (κ3) is 4.27. The fraction of sp³-hybridized carbons (Fsp3) is 0.500. The largest absolute Gasteiger partial charge is 0.298 e. The molecule has 2 nitrogen and oxygen atoms in total. The summed E-state index contributed by atoms with van der Waals surface area (Å²) < 4.78 is 13.4. The second kappa shape index (κ2) is 5.41. The van der Waals surface area contributed by atoms with Crippen LogP contribution in [0.3, 0.4) is 0 Å². The Bertz CT molecular complexity index is 395. The molecule has 0 aromatic heterocycles. The number of Topliss-reactive ketones (excluding diaryl/α,β-unsaturated/α-hetero) is 1. The molecule has 1 rings (SSSR count). The molecule has 0 bridgehead atoms. The molecule has 17 heavy (non-hydrogen) atoms. The van der Waals surface area contributed by atoms with Gasteiger partial charge in [-0.15, -0.1) is 0 Å². The van der Waals surface area contributed by atoms with Gasteiger partial charge in [-0.1, -0.05) is 39.0 Å². The summed E-state index contributed by atoms with van der Waals surface area (Å²) in [5.74, 6) is -0.0566. The summed E-state index contributed by atoms with van der Waals surface area (Å²) in [6, 6.07) is 6.65. The molecule has 3 heteroatoms. The topological polar surface area (TPSA) is 20.3 Å². The van der Waals surface area contributed by atoms with Crippen LogP contribution in [0.2, 0.25) is 0 Å². The van der Waals surface area contributed by atoms with Crippen molar-refractivity contribution in [3.63, 3.8) is 0 Å². The van der Waals surface area contributed by atoms with E-state index in [2.05, 4.69) is 0 Å². The smallest absolute Gasteiger partial charge is 0.152 e. The number of benzene rings is 1. The average Bonchev–Trinajstić information content (AvgIpc) is 2.20. The quantitative estimate of drug-likeness (QED) is 0.802. The van der Waals surface area contributed by atoms with Crippen molar-refractivity contribution in [2.24, 2.45) is 5.41 Å².